The number of aromatic nitrogens is 2. The average Bonchev–Trinajstić information content (AvgIpc) is 3.12. The van der Waals surface area contributed by atoms with E-state index in [4.69, 9.17) is 4.74 Å². The number of amides is 1. The van der Waals surface area contributed by atoms with Gasteiger partial charge in [-0.1, -0.05) is 13.0 Å². The molecule has 0 aliphatic rings. The van der Waals surface area contributed by atoms with E-state index in [2.05, 4.69) is 26.3 Å². The summed E-state index contributed by atoms with van der Waals surface area (Å²) in [6.45, 7) is 7.73. The lowest BCUT2D eigenvalue weighted by molar-refractivity contribution is -0.384. The zero-order chi connectivity index (χ0) is 22.7. The summed E-state index contributed by atoms with van der Waals surface area (Å²) in [4.78, 5) is 23.8. The Labute approximate surface area is 188 Å². The van der Waals surface area contributed by atoms with Crippen LogP contribution in [-0.4, -0.2) is 20.6 Å². The third kappa shape index (κ3) is 5.29. The van der Waals surface area contributed by atoms with E-state index in [0.29, 0.717) is 12.2 Å². The van der Waals surface area contributed by atoms with Gasteiger partial charge in [0.15, 0.2) is 0 Å². The van der Waals surface area contributed by atoms with Crippen molar-refractivity contribution < 1.29 is 14.5 Å². The summed E-state index contributed by atoms with van der Waals surface area (Å²) < 4.78 is 8.29. The molecule has 0 saturated carbocycles. The average molecular weight is 487 g/mol. The summed E-state index contributed by atoms with van der Waals surface area (Å²) >= 11 is 3.32. The number of carbonyl (C=O) groups excluding carboxylic acids is 1. The summed E-state index contributed by atoms with van der Waals surface area (Å²) in [5.41, 5.74) is 3.13. The van der Waals surface area contributed by atoms with Gasteiger partial charge in [-0.05, 0) is 65.9 Å². The maximum absolute atomic E-state index is 12.8. The summed E-state index contributed by atoms with van der Waals surface area (Å²) in [6, 6.07) is 7.59. The molecule has 0 saturated heterocycles. The summed E-state index contributed by atoms with van der Waals surface area (Å²) in [5, 5.41) is 18.4. The molecule has 162 valence electrons. The van der Waals surface area contributed by atoms with Gasteiger partial charge in [0.05, 0.1) is 27.3 Å². The van der Waals surface area contributed by atoms with E-state index in [-0.39, 0.29) is 23.0 Å². The number of carbonyl (C=O) groups is 1. The van der Waals surface area contributed by atoms with Crippen LogP contribution < -0.4 is 10.1 Å². The fraction of sp³-hybridized carbons (Fsp3) is 0.273. The first-order valence-corrected chi connectivity index (χ1v) is 10.5. The number of nitro benzene ring substituents is 1. The highest BCUT2D eigenvalue weighted by molar-refractivity contribution is 9.10. The fourth-order valence-electron chi connectivity index (χ4n) is 3.26. The molecular formula is C22H23BrN4O4. The number of nitro groups is 1. The number of halogens is 1. The molecule has 0 bridgehead atoms. The molecule has 0 fully saturated rings. The van der Waals surface area contributed by atoms with E-state index in [1.165, 1.54) is 12.1 Å². The van der Waals surface area contributed by atoms with Gasteiger partial charge in [-0.15, -0.1) is 0 Å². The lowest BCUT2D eigenvalue weighted by atomic mass is 10.1. The highest BCUT2D eigenvalue weighted by atomic mass is 79.9. The molecule has 1 N–H and O–H groups in total. The number of nitrogens with one attached hydrogen (secondary N) is 1. The molecule has 0 radical (unpaired) electrons. The van der Waals surface area contributed by atoms with Crippen LogP contribution in [0.5, 0.6) is 11.5 Å². The predicted molar refractivity (Wildman–Crippen MR) is 122 cm³/mol. The number of non-ortho nitro benzene ring substituents is 1. The van der Waals surface area contributed by atoms with Crippen molar-refractivity contribution in [3.05, 3.63) is 74.0 Å². The van der Waals surface area contributed by atoms with Crippen LogP contribution in [0.1, 0.15) is 36.1 Å². The normalized spacial score (nSPS) is 11.8. The smallest absolute Gasteiger partial charge is 0.275 e. The standard InChI is InChI=1S/C22H23BrN4O4/c1-5-20(26-12-16(23)11-24-26)22(28)25-17-8-18(27(29)30)10-19(9-17)31-21-7-13(2)6-14(3)15(21)4/h6-12,20H,5H2,1-4H3,(H,25,28). The summed E-state index contributed by atoms with van der Waals surface area (Å²) in [6.07, 6.45) is 3.81. The van der Waals surface area contributed by atoms with Crippen LogP contribution in [0.2, 0.25) is 0 Å². The number of nitrogens with zero attached hydrogens (tertiary/aromatic N) is 3. The van der Waals surface area contributed by atoms with Crippen molar-refractivity contribution in [2.24, 2.45) is 0 Å². The number of hydrogen-bond acceptors (Lipinski definition) is 5. The second-order valence-electron chi connectivity index (χ2n) is 7.33. The Morgan fingerprint density at radius 3 is 2.61 bits per heavy atom. The molecular weight excluding hydrogens is 464 g/mol. The van der Waals surface area contributed by atoms with Crippen molar-refractivity contribution >= 4 is 33.2 Å². The van der Waals surface area contributed by atoms with E-state index in [1.807, 2.05) is 39.8 Å². The quantitative estimate of drug-likeness (QED) is 0.332. The Morgan fingerprint density at radius 2 is 2.00 bits per heavy atom. The first kappa shape index (κ1) is 22.5. The largest absolute Gasteiger partial charge is 0.457 e. The van der Waals surface area contributed by atoms with Crippen molar-refractivity contribution in [1.29, 1.82) is 0 Å². The second kappa shape index (κ2) is 9.30. The van der Waals surface area contributed by atoms with Gasteiger partial charge < -0.3 is 10.1 Å². The first-order valence-electron chi connectivity index (χ1n) is 9.73. The van der Waals surface area contributed by atoms with Gasteiger partial charge >= 0.3 is 0 Å². The Kier molecular flexibility index (Phi) is 6.74. The minimum absolute atomic E-state index is 0.176. The van der Waals surface area contributed by atoms with E-state index >= 15 is 0 Å². The van der Waals surface area contributed by atoms with Crippen molar-refractivity contribution in [1.82, 2.24) is 9.78 Å². The molecule has 9 heteroatoms. The van der Waals surface area contributed by atoms with Crippen molar-refractivity contribution in [2.45, 2.75) is 40.2 Å². The van der Waals surface area contributed by atoms with Crippen molar-refractivity contribution in [3.63, 3.8) is 0 Å². The Balaban J connectivity index is 1.91. The van der Waals surface area contributed by atoms with E-state index in [0.717, 1.165) is 21.2 Å². The van der Waals surface area contributed by atoms with Crippen LogP contribution in [0.15, 0.2) is 47.2 Å². The maximum Gasteiger partial charge on any atom is 0.275 e. The van der Waals surface area contributed by atoms with Gasteiger partial charge in [0, 0.05) is 18.3 Å². The highest BCUT2D eigenvalue weighted by Crippen LogP contribution is 2.33. The number of benzene rings is 2. The monoisotopic (exact) mass is 486 g/mol. The first-order chi connectivity index (χ1) is 14.7. The number of rotatable bonds is 7. The van der Waals surface area contributed by atoms with Crippen LogP contribution in [0.4, 0.5) is 11.4 Å². The van der Waals surface area contributed by atoms with Gasteiger partial charge in [-0.25, -0.2) is 0 Å². The molecule has 0 aliphatic heterocycles. The molecule has 1 heterocycles. The van der Waals surface area contributed by atoms with Crippen LogP contribution in [0.25, 0.3) is 0 Å². The number of hydrogen-bond donors (Lipinski definition) is 1. The summed E-state index contributed by atoms with van der Waals surface area (Å²) in [7, 11) is 0. The van der Waals surface area contributed by atoms with E-state index < -0.39 is 11.0 Å². The van der Waals surface area contributed by atoms with Crippen molar-refractivity contribution in [2.75, 3.05) is 5.32 Å². The SMILES string of the molecule is CCC(C(=O)Nc1cc(Oc2cc(C)cc(C)c2C)cc([N+](=O)[O-])c1)n1cc(Br)cn1. The zero-order valence-corrected chi connectivity index (χ0v) is 19.3. The van der Waals surface area contributed by atoms with Crippen LogP contribution in [0.3, 0.4) is 0 Å². The molecule has 0 aliphatic carbocycles. The lowest BCUT2D eigenvalue weighted by Crippen LogP contribution is -2.26. The van der Waals surface area contributed by atoms with Gasteiger partial charge in [-0.3, -0.25) is 19.6 Å². The van der Waals surface area contributed by atoms with Gasteiger partial charge in [-0.2, -0.15) is 5.10 Å². The molecule has 31 heavy (non-hydrogen) atoms. The van der Waals surface area contributed by atoms with Crippen LogP contribution in [-0.2, 0) is 4.79 Å². The Hall–Kier alpha value is -3.20. The van der Waals surface area contributed by atoms with E-state index in [1.54, 1.807) is 23.1 Å². The Bertz CT molecular complexity index is 1140. The molecule has 2 aromatic carbocycles. The topological polar surface area (TPSA) is 99.3 Å². The number of ether oxygens (including phenoxy) is 1. The van der Waals surface area contributed by atoms with Gasteiger partial charge in [0.25, 0.3) is 5.69 Å². The molecule has 0 spiro atoms. The number of anilines is 1. The fourth-order valence-corrected chi connectivity index (χ4v) is 3.56. The Morgan fingerprint density at radius 1 is 1.26 bits per heavy atom. The summed E-state index contributed by atoms with van der Waals surface area (Å²) in [5.74, 6) is 0.558. The second-order valence-corrected chi connectivity index (χ2v) is 8.25. The zero-order valence-electron chi connectivity index (χ0n) is 17.7. The predicted octanol–water partition coefficient (Wildman–Crippen LogP) is 5.86. The number of aryl methyl sites for hydroxylation is 2. The van der Waals surface area contributed by atoms with Gasteiger partial charge in [0.2, 0.25) is 5.91 Å². The molecule has 1 amide bonds. The lowest BCUT2D eigenvalue weighted by Gasteiger charge is -2.16. The molecule has 1 atom stereocenters. The third-order valence-electron chi connectivity index (χ3n) is 4.94. The van der Waals surface area contributed by atoms with E-state index in [9.17, 15) is 14.9 Å². The molecule has 8 nitrogen and oxygen atoms in total. The minimum Gasteiger partial charge on any atom is -0.457 e. The molecule has 3 rings (SSSR count). The minimum atomic E-state index is -0.559. The third-order valence-corrected chi connectivity index (χ3v) is 5.35. The molecule has 1 aromatic heterocycles. The molecule has 1 unspecified atom stereocenters. The molecule has 3 aromatic rings. The maximum atomic E-state index is 12.8. The highest BCUT2D eigenvalue weighted by Gasteiger charge is 2.21. The van der Waals surface area contributed by atoms with Crippen LogP contribution in [0, 0.1) is 30.9 Å². The van der Waals surface area contributed by atoms with Gasteiger partial charge in [0.1, 0.15) is 17.5 Å². The van der Waals surface area contributed by atoms with Crippen LogP contribution >= 0.6 is 15.9 Å². The van der Waals surface area contributed by atoms with Crippen molar-refractivity contribution in [3.8, 4) is 11.5 Å².